The van der Waals surface area contributed by atoms with E-state index in [1.807, 2.05) is 0 Å². The Balaban J connectivity index is 2.00. The van der Waals surface area contributed by atoms with Gasteiger partial charge in [-0.1, -0.05) is 33.1 Å². The Morgan fingerprint density at radius 2 is 1.95 bits per heavy atom. The van der Waals surface area contributed by atoms with Gasteiger partial charge in [0.15, 0.2) is 0 Å². The molecule has 0 spiro atoms. The lowest BCUT2D eigenvalue weighted by Gasteiger charge is -2.28. The van der Waals surface area contributed by atoms with E-state index in [-0.39, 0.29) is 0 Å². The Morgan fingerprint density at radius 3 is 2.47 bits per heavy atom. The van der Waals surface area contributed by atoms with Gasteiger partial charge in [-0.15, -0.1) is 0 Å². The molecule has 1 saturated heterocycles. The molecule has 1 heterocycles. The van der Waals surface area contributed by atoms with Gasteiger partial charge in [-0.2, -0.15) is 0 Å². The Labute approximate surface area is 117 Å². The zero-order valence-electron chi connectivity index (χ0n) is 12.6. The highest BCUT2D eigenvalue weighted by Gasteiger charge is 2.36. The molecular weight excluding hydrogens is 236 g/mol. The first-order valence-corrected chi connectivity index (χ1v) is 8.02. The SMILES string of the molecule is CCC1(CC)CCN(C(=NC2CCCCC2)NN)C1. The molecule has 4 nitrogen and oxygen atoms in total. The van der Waals surface area contributed by atoms with Crippen molar-refractivity contribution in [2.75, 3.05) is 13.1 Å². The van der Waals surface area contributed by atoms with E-state index in [2.05, 4.69) is 24.2 Å². The van der Waals surface area contributed by atoms with Crippen LogP contribution in [0.3, 0.4) is 0 Å². The van der Waals surface area contributed by atoms with E-state index < -0.39 is 0 Å². The van der Waals surface area contributed by atoms with Crippen molar-refractivity contribution >= 4 is 5.96 Å². The minimum atomic E-state index is 0.476. The monoisotopic (exact) mass is 266 g/mol. The second-order valence-electron chi connectivity index (χ2n) is 6.27. The van der Waals surface area contributed by atoms with E-state index in [9.17, 15) is 0 Å². The van der Waals surface area contributed by atoms with Crippen LogP contribution in [-0.4, -0.2) is 30.0 Å². The molecule has 0 bridgehead atoms. The zero-order valence-corrected chi connectivity index (χ0v) is 12.6. The molecule has 0 aromatic rings. The average Bonchev–Trinajstić information content (AvgIpc) is 2.91. The maximum absolute atomic E-state index is 5.72. The predicted octanol–water partition coefficient (Wildman–Crippen LogP) is 2.65. The van der Waals surface area contributed by atoms with Crippen molar-refractivity contribution in [1.82, 2.24) is 10.3 Å². The summed E-state index contributed by atoms with van der Waals surface area (Å²) in [6.07, 6.45) is 10.2. The molecule has 0 unspecified atom stereocenters. The predicted molar refractivity (Wildman–Crippen MR) is 80.8 cm³/mol. The van der Waals surface area contributed by atoms with Gasteiger partial charge in [-0.3, -0.25) is 5.43 Å². The van der Waals surface area contributed by atoms with Gasteiger partial charge >= 0.3 is 0 Å². The third-order valence-electron chi connectivity index (χ3n) is 5.25. The molecule has 19 heavy (non-hydrogen) atoms. The number of hydrogen-bond acceptors (Lipinski definition) is 2. The Bertz CT molecular complexity index is 303. The lowest BCUT2D eigenvalue weighted by Crippen LogP contribution is -2.45. The summed E-state index contributed by atoms with van der Waals surface area (Å²) in [6, 6.07) is 0.484. The molecule has 3 N–H and O–H groups in total. The average molecular weight is 266 g/mol. The van der Waals surface area contributed by atoms with Crippen LogP contribution in [-0.2, 0) is 0 Å². The van der Waals surface area contributed by atoms with Crippen LogP contribution in [0.1, 0.15) is 65.2 Å². The van der Waals surface area contributed by atoms with Crippen molar-refractivity contribution in [3.63, 3.8) is 0 Å². The Kier molecular flexibility index (Phi) is 5.08. The van der Waals surface area contributed by atoms with Crippen molar-refractivity contribution in [3.05, 3.63) is 0 Å². The second kappa shape index (κ2) is 6.60. The van der Waals surface area contributed by atoms with Crippen molar-refractivity contribution in [2.24, 2.45) is 16.3 Å². The fraction of sp³-hybridized carbons (Fsp3) is 0.933. The smallest absolute Gasteiger partial charge is 0.208 e. The van der Waals surface area contributed by atoms with Crippen molar-refractivity contribution < 1.29 is 0 Å². The maximum Gasteiger partial charge on any atom is 0.208 e. The van der Waals surface area contributed by atoms with Gasteiger partial charge < -0.3 is 4.90 Å². The van der Waals surface area contributed by atoms with Gasteiger partial charge in [-0.05, 0) is 37.5 Å². The summed E-state index contributed by atoms with van der Waals surface area (Å²) >= 11 is 0. The second-order valence-corrected chi connectivity index (χ2v) is 6.27. The molecule has 2 rings (SSSR count). The quantitative estimate of drug-likeness (QED) is 0.357. The van der Waals surface area contributed by atoms with Gasteiger partial charge in [0.1, 0.15) is 0 Å². The van der Waals surface area contributed by atoms with Gasteiger partial charge in [0, 0.05) is 13.1 Å². The Morgan fingerprint density at radius 1 is 1.26 bits per heavy atom. The summed E-state index contributed by atoms with van der Waals surface area (Å²) < 4.78 is 0. The third-order valence-corrected chi connectivity index (χ3v) is 5.25. The topological polar surface area (TPSA) is 53.6 Å². The summed E-state index contributed by atoms with van der Waals surface area (Å²) in [6.45, 7) is 6.81. The highest BCUT2D eigenvalue weighted by Crippen LogP contribution is 2.37. The molecule has 0 aromatic heterocycles. The molecule has 0 aromatic carbocycles. The van der Waals surface area contributed by atoms with Gasteiger partial charge in [0.2, 0.25) is 5.96 Å². The molecule has 1 saturated carbocycles. The first kappa shape index (κ1) is 14.6. The van der Waals surface area contributed by atoms with Gasteiger partial charge in [-0.25, -0.2) is 10.8 Å². The van der Waals surface area contributed by atoms with Crippen LogP contribution in [0.25, 0.3) is 0 Å². The number of guanidine groups is 1. The number of aliphatic imine (C=N–C) groups is 1. The molecule has 2 aliphatic rings. The van der Waals surface area contributed by atoms with Crippen LogP contribution in [0.15, 0.2) is 4.99 Å². The molecule has 1 aliphatic carbocycles. The van der Waals surface area contributed by atoms with E-state index in [1.54, 1.807) is 0 Å². The molecule has 0 atom stereocenters. The lowest BCUT2D eigenvalue weighted by atomic mass is 9.82. The summed E-state index contributed by atoms with van der Waals surface area (Å²) in [4.78, 5) is 7.24. The molecule has 0 radical (unpaired) electrons. The minimum Gasteiger partial charge on any atom is -0.341 e. The van der Waals surface area contributed by atoms with Crippen LogP contribution in [0, 0.1) is 5.41 Å². The minimum absolute atomic E-state index is 0.476. The van der Waals surface area contributed by atoms with E-state index in [0.29, 0.717) is 11.5 Å². The van der Waals surface area contributed by atoms with Crippen molar-refractivity contribution in [3.8, 4) is 0 Å². The first-order valence-electron chi connectivity index (χ1n) is 8.02. The molecule has 4 heteroatoms. The highest BCUT2D eigenvalue weighted by molar-refractivity contribution is 5.80. The summed E-state index contributed by atoms with van der Waals surface area (Å²) in [5.74, 6) is 6.65. The molecule has 1 aliphatic heterocycles. The van der Waals surface area contributed by atoms with Crippen molar-refractivity contribution in [2.45, 2.75) is 71.3 Å². The number of hydrogen-bond donors (Lipinski definition) is 2. The van der Waals surface area contributed by atoms with Crippen LogP contribution < -0.4 is 11.3 Å². The number of nitrogens with zero attached hydrogens (tertiary/aromatic N) is 2. The summed E-state index contributed by atoms with van der Waals surface area (Å²) in [5, 5.41) is 0. The Hall–Kier alpha value is -0.770. The number of nitrogens with one attached hydrogen (secondary N) is 1. The maximum atomic E-state index is 5.72. The van der Waals surface area contributed by atoms with E-state index >= 15 is 0 Å². The number of rotatable bonds is 3. The largest absolute Gasteiger partial charge is 0.341 e. The third kappa shape index (κ3) is 3.41. The van der Waals surface area contributed by atoms with E-state index in [1.165, 1.54) is 51.4 Å². The zero-order chi connectivity index (χ0) is 13.7. The summed E-state index contributed by atoms with van der Waals surface area (Å²) in [7, 11) is 0. The van der Waals surface area contributed by atoms with Crippen molar-refractivity contribution in [1.29, 1.82) is 0 Å². The first-order chi connectivity index (χ1) is 9.23. The highest BCUT2D eigenvalue weighted by atomic mass is 15.4. The van der Waals surface area contributed by atoms with Crippen LogP contribution >= 0.6 is 0 Å². The number of hydrazine groups is 1. The number of likely N-dealkylation sites (tertiary alicyclic amines) is 1. The van der Waals surface area contributed by atoms with Gasteiger partial charge in [0.25, 0.3) is 0 Å². The fourth-order valence-electron chi connectivity index (χ4n) is 3.54. The molecule has 2 fully saturated rings. The lowest BCUT2D eigenvalue weighted by molar-refractivity contribution is 0.275. The fourth-order valence-corrected chi connectivity index (χ4v) is 3.54. The van der Waals surface area contributed by atoms with E-state index in [4.69, 9.17) is 10.8 Å². The molecular formula is C15H30N4. The summed E-state index contributed by atoms with van der Waals surface area (Å²) in [5.41, 5.74) is 3.33. The number of nitrogens with two attached hydrogens (primary N) is 1. The van der Waals surface area contributed by atoms with Gasteiger partial charge in [0.05, 0.1) is 6.04 Å². The standard InChI is InChI=1S/C15H30N4/c1-3-15(4-2)10-11-19(12-15)14(18-16)17-13-8-6-5-7-9-13/h13H,3-12,16H2,1-2H3,(H,17,18). The molecule has 110 valence electrons. The molecule has 0 amide bonds. The van der Waals surface area contributed by atoms with E-state index in [0.717, 1.165) is 19.0 Å². The normalized spacial score (nSPS) is 24.8. The van der Waals surface area contributed by atoms with Crippen LogP contribution in [0.2, 0.25) is 0 Å². The van der Waals surface area contributed by atoms with Crippen LogP contribution in [0.4, 0.5) is 0 Å². The van der Waals surface area contributed by atoms with Crippen LogP contribution in [0.5, 0.6) is 0 Å².